The van der Waals surface area contributed by atoms with Crippen molar-refractivity contribution in [2.24, 2.45) is 5.92 Å². The Bertz CT molecular complexity index is 423. The summed E-state index contributed by atoms with van der Waals surface area (Å²) in [7, 11) is 0.577. The van der Waals surface area contributed by atoms with Gasteiger partial charge < -0.3 is 10.2 Å². The zero-order valence-corrected chi connectivity index (χ0v) is 14.3. The predicted octanol–water partition coefficient (Wildman–Crippen LogP) is 0.235. The molecule has 6 nitrogen and oxygen atoms in total. The van der Waals surface area contributed by atoms with Gasteiger partial charge in [0.25, 0.3) is 10.2 Å². The average Bonchev–Trinajstić information content (AvgIpc) is 3.27. The fraction of sp³-hybridized carbons (Fsp3) is 1.00. The first-order valence-electron chi connectivity index (χ1n) is 8.03. The highest BCUT2D eigenvalue weighted by atomic mass is 32.2. The van der Waals surface area contributed by atoms with E-state index in [0.29, 0.717) is 31.6 Å². The van der Waals surface area contributed by atoms with Gasteiger partial charge in [-0.3, -0.25) is 0 Å². The quantitative estimate of drug-likeness (QED) is 0.673. The predicted molar refractivity (Wildman–Crippen MR) is 85.4 cm³/mol. The molecule has 0 bridgehead atoms. The van der Waals surface area contributed by atoms with Crippen LogP contribution in [0.25, 0.3) is 0 Å². The number of nitrogens with zero attached hydrogens (tertiary/aromatic N) is 2. The summed E-state index contributed by atoms with van der Waals surface area (Å²) in [6.45, 7) is 4.71. The minimum absolute atomic E-state index is 0.192. The number of nitrogens with one attached hydrogen (secondary N) is 2. The average molecular weight is 318 g/mol. The molecule has 1 saturated carbocycles. The SMILES string of the molecule is CC(CNS(=O)(=O)N1CCCC(CNC2CC2)C1)N(C)C. The van der Waals surface area contributed by atoms with E-state index in [1.165, 1.54) is 12.8 Å². The second-order valence-corrected chi connectivity index (χ2v) is 8.47. The Morgan fingerprint density at radius 1 is 1.29 bits per heavy atom. The van der Waals surface area contributed by atoms with Crippen LogP contribution in [0.15, 0.2) is 0 Å². The maximum atomic E-state index is 12.4. The summed E-state index contributed by atoms with van der Waals surface area (Å²) >= 11 is 0. The van der Waals surface area contributed by atoms with E-state index in [2.05, 4.69) is 10.0 Å². The van der Waals surface area contributed by atoms with Gasteiger partial charge in [-0.05, 0) is 59.2 Å². The Morgan fingerprint density at radius 3 is 2.62 bits per heavy atom. The molecule has 1 aliphatic carbocycles. The molecule has 1 heterocycles. The summed E-state index contributed by atoms with van der Waals surface area (Å²) in [5, 5.41) is 3.51. The third-order valence-corrected chi connectivity index (χ3v) is 6.08. The standard InChI is InChI=1S/C14H30N4O2S/c1-12(17(2)3)9-16-21(19,20)18-8-4-5-13(11-18)10-15-14-6-7-14/h12-16H,4-11H2,1-3H3. The van der Waals surface area contributed by atoms with Gasteiger partial charge in [0.2, 0.25) is 0 Å². The molecule has 0 aromatic rings. The van der Waals surface area contributed by atoms with Crippen LogP contribution >= 0.6 is 0 Å². The molecular weight excluding hydrogens is 288 g/mol. The lowest BCUT2D eigenvalue weighted by atomic mass is 10.00. The maximum Gasteiger partial charge on any atom is 0.279 e. The highest BCUT2D eigenvalue weighted by Crippen LogP contribution is 2.22. The molecule has 2 rings (SSSR count). The zero-order chi connectivity index (χ0) is 15.5. The van der Waals surface area contributed by atoms with Crippen LogP contribution in [0.5, 0.6) is 0 Å². The Hall–Kier alpha value is -0.210. The van der Waals surface area contributed by atoms with Crippen molar-refractivity contribution in [3.8, 4) is 0 Å². The molecule has 2 atom stereocenters. The van der Waals surface area contributed by atoms with Gasteiger partial charge >= 0.3 is 0 Å². The van der Waals surface area contributed by atoms with E-state index in [1.54, 1.807) is 4.31 Å². The number of piperidine rings is 1. The molecule has 0 aromatic carbocycles. The summed E-state index contributed by atoms with van der Waals surface area (Å²) in [6, 6.07) is 0.882. The molecule has 0 spiro atoms. The Morgan fingerprint density at radius 2 is 2.00 bits per heavy atom. The molecule has 124 valence electrons. The Labute approximate surface area is 129 Å². The van der Waals surface area contributed by atoms with E-state index in [1.807, 2.05) is 25.9 Å². The van der Waals surface area contributed by atoms with Crippen molar-refractivity contribution < 1.29 is 8.42 Å². The van der Waals surface area contributed by atoms with E-state index < -0.39 is 10.2 Å². The number of likely N-dealkylation sites (N-methyl/N-ethyl adjacent to an activating group) is 1. The van der Waals surface area contributed by atoms with Gasteiger partial charge in [-0.1, -0.05) is 0 Å². The van der Waals surface area contributed by atoms with E-state index in [0.717, 1.165) is 19.4 Å². The summed E-state index contributed by atoms with van der Waals surface area (Å²) in [4.78, 5) is 2.01. The van der Waals surface area contributed by atoms with Gasteiger partial charge in [-0.15, -0.1) is 0 Å². The molecular formula is C14H30N4O2S. The number of hydrogen-bond acceptors (Lipinski definition) is 4. The van der Waals surface area contributed by atoms with E-state index in [4.69, 9.17) is 0 Å². The first kappa shape index (κ1) is 17.1. The van der Waals surface area contributed by atoms with Crippen LogP contribution in [0.3, 0.4) is 0 Å². The summed E-state index contributed by atoms with van der Waals surface area (Å²) in [6.07, 6.45) is 4.64. The molecule has 2 fully saturated rings. The molecule has 1 aliphatic heterocycles. The topological polar surface area (TPSA) is 64.7 Å². The third kappa shape index (κ3) is 5.49. The van der Waals surface area contributed by atoms with Crippen LogP contribution < -0.4 is 10.0 Å². The molecule has 2 aliphatic rings. The Kier molecular flexibility index (Phi) is 6.02. The fourth-order valence-electron chi connectivity index (χ4n) is 2.53. The van der Waals surface area contributed by atoms with Crippen molar-refractivity contribution in [3.05, 3.63) is 0 Å². The largest absolute Gasteiger partial charge is 0.314 e. The molecule has 0 aromatic heterocycles. The molecule has 7 heteroatoms. The van der Waals surface area contributed by atoms with Gasteiger partial charge in [-0.25, -0.2) is 4.72 Å². The highest BCUT2D eigenvalue weighted by Gasteiger charge is 2.30. The lowest BCUT2D eigenvalue weighted by Crippen LogP contribution is -2.50. The molecule has 0 radical (unpaired) electrons. The lowest BCUT2D eigenvalue weighted by Gasteiger charge is -2.32. The van der Waals surface area contributed by atoms with Crippen LogP contribution in [0, 0.1) is 5.92 Å². The van der Waals surface area contributed by atoms with Crippen molar-refractivity contribution >= 4 is 10.2 Å². The molecule has 2 N–H and O–H groups in total. The van der Waals surface area contributed by atoms with Gasteiger partial charge in [0.1, 0.15) is 0 Å². The monoisotopic (exact) mass is 318 g/mol. The van der Waals surface area contributed by atoms with E-state index in [-0.39, 0.29) is 6.04 Å². The summed E-state index contributed by atoms with van der Waals surface area (Å²) < 4.78 is 29.1. The van der Waals surface area contributed by atoms with Crippen LogP contribution in [0.1, 0.15) is 32.6 Å². The van der Waals surface area contributed by atoms with Crippen LogP contribution in [0.4, 0.5) is 0 Å². The second-order valence-electron chi connectivity index (χ2n) is 6.71. The van der Waals surface area contributed by atoms with E-state index in [9.17, 15) is 8.42 Å². The molecule has 21 heavy (non-hydrogen) atoms. The number of hydrogen-bond donors (Lipinski definition) is 2. The summed E-state index contributed by atoms with van der Waals surface area (Å²) in [5.41, 5.74) is 0. The van der Waals surface area contributed by atoms with Crippen molar-refractivity contribution in [3.63, 3.8) is 0 Å². The maximum absolute atomic E-state index is 12.4. The van der Waals surface area contributed by atoms with Crippen molar-refractivity contribution in [2.75, 3.05) is 40.3 Å². The second kappa shape index (κ2) is 7.37. The highest BCUT2D eigenvalue weighted by molar-refractivity contribution is 7.87. The molecule has 0 amide bonds. The van der Waals surface area contributed by atoms with Crippen molar-refractivity contribution in [2.45, 2.75) is 44.7 Å². The van der Waals surface area contributed by atoms with Gasteiger partial charge in [0.15, 0.2) is 0 Å². The zero-order valence-electron chi connectivity index (χ0n) is 13.5. The van der Waals surface area contributed by atoms with Crippen molar-refractivity contribution in [1.82, 2.24) is 19.2 Å². The lowest BCUT2D eigenvalue weighted by molar-refractivity contribution is 0.254. The normalized spacial score (nSPS) is 26.2. The number of rotatable bonds is 8. The van der Waals surface area contributed by atoms with Crippen LogP contribution in [-0.4, -0.2) is 70.0 Å². The minimum atomic E-state index is -3.34. The first-order valence-corrected chi connectivity index (χ1v) is 9.47. The van der Waals surface area contributed by atoms with Gasteiger partial charge in [-0.2, -0.15) is 12.7 Å². The minimum Gasteiger partial charge on any atom is -0.314 e. The Balaban J connectivity index is 1.80. The van der Waals surface area contributed by atoms with Gasteiger partial charge in [0, 0.05) is 31.7 Å². The van der Waals surface area contributed by atoms with Crippen LogP contribution in [-0.2, 0) is 10.2 Å². The molecule has 1 saturated heterocycles. The van der Waals surface area contributed by atoms with E-state index >= 15 is 0 Å². The van der Waals surface area contributed by atoms with Gasteiger partial charge in [0.05, 0.1) is 0 Å². The first-order chi connectivity index (χ1) is 9.88. The van der Waals surface area contributed by atoms with Crippen LogP contribution in [0.2, 0.25) is 0 Å². The smallest absolute Gasteiger partial charge is 0.279 e. The summed E-state index contributed by atoms with van der Waals surface area (Å²) in [5.74, 6) is 0.446. The van der Waals surface area contributed by atoms with Crippen molar-refractivity contribution in [1.29, 1.82) is 0 Å². The fourth-order valence-corrected chi connectivity index (χ4v) is 3.94. The third-order valence-electron chi connectivity index (χ3n) is 4.54. The molecule has 2 unspecified atom stereocenters.